The van der Waals surface area contributed by atoms with Gasteiger partial charge in [0, 0.05) is 0 Å². The second-order valence-corrected chi connectivity index (χ2v) is 6.28. The predicted molar refractivity (Wildman–Crippen MR) is 63.1 cm³/mol. The lowest BCUT2D eigenvalue weighted by atomic mass is 9.82. The number of carbonyl (C=O) groups excluding carboxylic acids is 1. The van der Waals surface area contributed by atoms with Crippen LogP contribution in [-0.4, -0.2) is 46.2 Å². The highest BCUT2D eigenvalue weighted by atomic mass is 19.3. The maximum Gasteiger partial charge on any atom is 0.411 e. The predicted octanol–water partition coefficient (Wildman–Crippen LogP) is 2.35. The Bertz CT molecular complexity index is 401. The summed E-state index contributed by atoms with van der Waals surface area (Å²) in [5.41, 5.74) is -2.72. The van der Waals surface area contributed by atoms with Gasteiger partial charge in [-0.05, 0) is 20.8 Å². The van der Waals surface area contributed by atoms with Crippen LogP contribution in [0.3, 0.4) is 0 Å². The molecule has 0 saturated carbocycles. The normalized spacial score (nSPS) is 25.2. The number of alkyl halides is 2. The van der Waals surface area contributed by atoms with Crippen molar-refractivity contribution >= 4 is 12.1 Å². The first-order valence-electron chi connectivity index (χ1n) is 5.90. The number of carbonyl (C=O) groups is 2. The Morgan fingerprint density at radius 2 is 1.79 bits per heavy atom. The van der Waals surface area contributed by atoms with Crippen molar-refractivity contribution in [2.45, 2.75) is 52.2 Å². The van der Waals surface area contributed by atoms with Gasteiger partial charge in [0.15, 0.2) is 0 Å². The fourth-order valence-electron chi connectivity index (χ4n) is 2.03. The number of rotatable bonds is 1. The van der Waals surface area contributed by atoms with Gasteiger partial charge in [0.05, 0.1) is 12.0 Å². The molecule has 110 valence electrons. The molecule has 1 atom stereocenters. The highest BCUT2D eigenvalue weighted by molar-refractivity contribution is 5.82. The quantitative estimate of drug-likeness (QED) is 0.800. The molecule has 7 heteroatoms. The molecule has 1 amide bonds. The number of ether oxygens (including phenoxy) is 1. The van der Waals surface area contributed by atoms with Crippen LogP contribution in [0.1, 0.15) is 34.6 Å². The Labute approximate surface area is 110 Å². The van der Waals surface area contributed by atoms with Gasteiger partial charge in [-0.1, -0.05) is 13.8 Å². The molecule has 0 aromatic rings. The standard InChI is InChI=1S/C12H19F2NO4/c1-10(2,3)19-9(18)15-6-12(13,14)11(4,5)7(15)8(16)17/h7H,6H2,1-5H3,(H,16,17)/t7-/m1/s1. The van der Waals surface area contributed by atoms with Gasteiger partial charge in [-0.2, -0.15) is 0 Å². The summed E-state index contributed by atoms with van der Waals surface area (Å²) in [6.07, 6.45) is -1.04. The van der Waals surface area contributed by atoms with Gasteiger partial charge < -0.3 is 9.84 Å². The van der Waals surface area contributed by atoms with Crippen LogP contribution in [0.25, 0.3) is 0 Å². The first kappa shape index (κ1) is 15.7. The summed E-state index contributed by atoms with van der Waals surface area (Å²) in [6.45, 7) is 6.07. The Hall–Kier alpha value is -1.40. The third kappa shape index (κ3) is 2.79. The average Bonchev–Trinajstić information content (AvgIpc) is 2.30. The summed E-state index contributed by atoms with van der Waals surface area (Å²) in [6, 6.07) is -1.61. The first-order chi connectivity index (χ1) is 8.29. The van der Waals surface area contributed by atoms with E-state index in [1.54, 1.807) is 20.8 Å². The zero-order valence-electron chi connectivity index (χ0n) is 11.7. The molecule has 1 saturated heterocycles. The number of carboxylic acids is 1. The van der Waals surface area contributed by atoms with Gasteiger partial charge in [-0.25, -0.2) is 18.4 Å². The second kappa shape index (κ2) is 4.31. The summed E-state index contributed by atoms with van der Waals surface area (Å²) >= 11 is 0. The average molecular weight is 279 g/mol. The van der Waals surface area contributed by atoms with Crippen LogP contribution in [0.5, 0.6) is 0 Å². The molecule has 0 aromatic heterocycles. The van der Waals surface area contributed by atoms with Gasteiger partial charge in [0.1, 0.15) is 11.6 Å². The van der Waals surface area contributed by atoms with Gasteiger partial charge in [-0.3, -0.25) is 4.90 Å². The van der Waals surface area contributed by atoms with Gasteiger partial charge in [-0.15, -0.1) is 0 Å². The fraction of sp³-hybridized carbons (Fsp3) is 0.833. The summed E-state index contributed by atoms with van der Waals surface area (Å²) < 4.78 is 32.7. The molecule has 0 unspecified atom stereocenters. The van der Waals surface area contributed by atoms with E-state index in [4.69, 9.17) is 9.84 Å². The Morgan fingerprint density at radius 1 is 1.32 bits per heavy atom. The van der Waals surface area contributed by atoms with E-state index < -0.39 is 41.6 Å². The lowest BCUT2D eigenvalue weighted by Gasteiger charge is -2.31. The molecule has 0 spiro atoms. The van der Waals surface area contributed by atoms with Crippen LogP contribution in [0.4, 0.5) is 13.6 Å². The van der Waals surface area contributed by atoms with Crippen molar-refractivity contribution in [2.75, 3.05) is 6.54 Å². The Morgan fingerprint density at radius 3 is 2.16 bits per heavy atom. The van der Waals surface area contributed by atoms with Crippen LogP contribution in [0.15, 0.2) is 0 Å². The third-order valence-electron chi connectivity index (χ3n) is 3.17. The molecule has 1 fully saturated rings. The number of amides is 1. The number of nitrogens with zero attached hydrogens (tertiary/aromatic N) is 1. The van der Waals surface area contributed by atoms with E-state index in [-0.39, 0.29) is 0 Å². The third-order valence-corrected chi connectivity index (χ3v) is 3.17. The van der Waals surface area contributed by atoms with E-state index >= 15 is 0 Å². The molecule has 1 aliphatic heterocycles. The highest BCUT2D eigenvalue weighted by Gasteiger charge is 2.65. The Balaban J connectivity index is 3.08. The maximum absolute atomic E-state index is 13.9. The molecule has 0 aliphatic carbocycles. The molecule has 0 radical (unpaired) electrons. The van der Waals surface area contributed by atoms with Crippen molar-refractivity contribution in [3.63, 3.8) is 0 Å². The molecule has 1 N–H and O–H groups in total. The summed E-state index contributed by atoms with van der Waals surface area (Å²) in [7, 11) is 0. The molecule has 1 aliphatic rings. The number of halogens is 2. The van der Waals surface area contributed by atoms with Gasteiger partial charge in [0.25, 0.3) is 5.92 Å². The molecule has 0 bridgehead atoms. The summed E-state index contributed by atoms with van der Waals surface area (Å²) in [5.74, 6) is -4.75. The van der Waals surface area contributed by atoms with Crippen LogP contribution in [0.2, 0.25) is 0 Å². The number of carboxylic acid groups (broad SMARTS) is 1. The van der Waals surface area contributed by atoms with E-state index in [0.717, 1.165) is 13.8 Å². The molecule has 5 nitrogen and oxygen atoms in total. The van der Waals surface area contributed by atoms with E-state index in [1.165, 1.54) is 0 Å². The number of hydrogen-bond acceptors (Lipinski definition) is 3. The zero-order valence-corrected chi connectivity index (χ0v) is 11.7. The fourth-order valence-corrected chi connectivity index (χ4v) is 2.03. The molecule has 19 heavy (non-hydrogen) atoms. The smallest absolute Gasteiger partial charge is 0.411 e. The SMILES string of the molecule is CC(C)(C)OC(=O)N1CC(F)(F)C(C)(C)[C@H]1C(=O)O. The van der Waals surface area contributed by atoms with Gasteiger partial charge in [0.2, 0.25) is 0 Å². The number of aliphatic carboxylic acids is 1. The van der Waals surface area contributed by atoms with Crippen molar-refractivity contribution in [1.82, 2.24) is 4.90 Å². The number of likely N-dealkylation sites (tertiary alicyclic amines) is 1. The molecular formula is C12H19F2NO4. The monoisotopic (exact) mass is 279 g/mol. The highest BCUT2D eigenvalue weighted by Crippen LogP contribution is 2.48. The largest absolute Gasteiger partial charge is 0.480 e. The van der Waals surface area contributed by atoms with Crippen LogP contribution < -0.4 is 0 Å². The van der Waals surface area contributed by atoms with E-state index in [1.807, 2.05) is 0 Å². The minimum Gasteiger partial charge on any atom is -0.480 e. The van der Waals surface area contributed by atoms with E-state index in [2.05, 4.69) is 0 Å². The number of hydrogen-bond donors (Lipinski definition) is 1. The van der Waals surface area contributed by atoms with Crippen LogP contribution in [-0.2, 0) is 9.53 Å². The Kier molecular flexibility index (Phi) is 3.56. The maximum atomic E-state index is 13.9. The van der Waals surface area contributed by atoms with Crippen LogP contribution in [0, 0.1) is 5.41 Å². The van der Waals surface area contributed by atoms with Gasteiger partial charge >= 0.3 is 12.1 Å². The zero-order chi connectivity index (χ0) is 15.2. The minimum absolute atomic E-state index is 0.591. The lowest BCUT2D eigenvalue weighted by Crippen LogP contribution is -2.48. The lowest BCUT2D eigenvalue weighted by molar-refractivity contribution is -0.149. The topological polar surface area (TPSA) is 66.8 Å². The summed E-state index contributed by atoms with van der Waals surface area (Å²) in [4.78, 5) is 23.7. The van der Waals surface area contributed by atoms with Crippen molar-refractivity contribution in [1.29, 1.82) is 0 Å². The van der Waals surface area contributed by atoms with Crippen molar-refractivity contribution in [3.8, 4) is 0 Å². The van der Waals surface area contributed by atoms with E-state index in [9.17, 15) is 18.4 Å². The minimum atomic E-state index is -3.28. The second-order valence-electron chi connectivity index (χ2n) is 6.28. The van der Waals surface area contributed by atoms with E-state index in [0.29, 0.717) is 4.90 Å². The molecule has 0 aromatic carbocycles. The van der Waals surface area contributed by atoms with Crippen molar-refractivity contribution < 1.29 is 28.2 Å². The van der Waals surface area contributed by atoms with Crippen molar-refractivity contribution in [2.24, 2.45) is 5.41 Å². The molecule has 1 heterocycles. The first-order valence-corrected chi connectivity index (χ1v) is 5.90. The summed E-state index contributed by atoms with van der Waals surface area (Å²) in [5, 5.41) is 9.12. The molecule has 1 rings (SSSR count). The molecular weight excluding hydrogens is 260 g/mol. The van der Waals surface area contributed by atoms with Crippen LogP contribution >= 0.6 is 0 Å². The van der Waals surface area contributed by atoms with Crippen molar-refractivity contribution in [3.05, 3.63) is 0 Å².